The van der Waals surface area contributed by atoms with Gasteiger partial charge in [0, 0.05) is 16.6 Å². The van der Waals surface area contributed by atoms with Crippen molar-refractivity contribution in [3.05, 3.63) is 52.3 Å². The van der Waals surface area contributed by atoms with Gasteiger partial charge in [-0.2, -0.15) is 0 Å². The quantitative estimate of drug-likeness (QED) is 0.569. The number of amides is 1. The zero-order chi connectivity index (χ0) is 18.3. The van der Waals surface area contributed by atoms with E-state index in [1.165, 1.54) is 22.7 Å². The first kappa shape index (κ1) is 16.7. The van der Waals surface area contributed by atoms with Crippen molar-refractivity contribution in [3.63, 3.8) is 0 Å². The Morgan fingerprint density at radius 3 is 2.54 bits per heavy atom. The van der Waals surface area contributed by atoms with Crippen LogP contribution in [-0.2, 0) is 0 Å². The Bertz CT molecular complexity index is 1120. The number of benzene rings is 1. The average molecular weight is 381 g/mol. The molecule has 0 spiro atoms. The number of aryl methyl sites for hydroxylation is 3. The highest BCUT2D eigenvalue weighted by atomic mass is 32.1. The number of carbonyl (C=O) groups is 1. The highest BCUT2D eigenvalue weighted by Crippen LogP contribution is 2.32. The molecule has 1 amide bonds. The van der Waals surface area contributed by atoms with Crippen LogP contribution in [0.2, 0.25) is 0 Å². The second-order valence-electron chi connectivity index (χ2n) is 5.83. The topological polar surface area (TPSA) is 80.7 Å². The molecular weight excluding hydrogens is 366 g/mol. The third-order valence-corrected chi connectivity index (χ3v) is 6.03. The molecule has 0 aliphatic heterocycles. The molecular formula is C18H15N5OS2. The Hall–Kier alpha value is -2.71. The van der Waals surface area contributed by atoms with Crippen LogP contribution in [0.1, 0.15) is 26.8 Å². The van der Waals surface area contributed by atoms with Crippen molar-refractivity contribution in [3.8, 4) is 10.6 Å². The molecule has 130 valence electrons. The molecule has 0 radical (unpaired) electrons. The second-order valence-corrected chi connectivity index (χ2v) is 7.80. The zero-order valence-electron chi connectivity index (χ0n) is 14.4. The maximum absolute atomic E-state index is 12.7. The number of anilines is 1. The second kappa shape index (κ2) is 6.54. The van der Waals surface area contributed by atoms with E-state index < -0.39 is 0 Å². The monoisotopic (exact) mass is 381 g/mol. The lowest BCUT2D eigenvalue weighted by molar-refractivity contribution is 0.103. The summed E-state index contributed by atoms with van der Waals surface area (Å²) in [6.07, 6.45) is 0. The lowest BCUT2D eigenvalue weighted by Gasteiger charge is -2.00. The fraction of sp³-hybridized carbons (Fsp3) is 0.167. The van der Waals surface area contributed by atoms with E-state index in [-0.39, 0.29) is 5.91 Å². The molecule has 1 N–H and O–H groups in total. The van der Waals surface area contributed by atoms with Gasteiger partial charge in [-0.25, -0.2) is 9.97 Å². The number of thiophene rings is 1. The minimum atomic E-state index is -0.196. The molecule has 0 unspecified atom stereocenters. The fourth-order valence-corrected chi connectivity index (χ4v) is 4.73. The standard InChI is InChI=1S/C18H15N5OS2/c1-9-13-10(2)19-11(3)20-17(13)25-14(9)15(24)21-18-23-22-16(26-18)12-7-5-4-6-8-12/h4-8H,1-3H3,(H,21,23,24). The molecule has 3 heterocycles. The number of nitrogens with one attached hydrogen (secondary N) is 1. The van der Waals surface area contributed by atoms with Crippen LogP contribution in [0.15, 0.2) is 30.3 Å². The van der Waals surface area contributed by atoms with E-state index in [0.717, 1.165) is 32.0 Å². The smallest absolute Gasteiger partial charge is 0.267 e. The molecule has 4 rings (SSSR count). The first-order valence-corrected chi connectivity index (χ1v) is 9.61. The molecule has 0 atom stereocenters. The highest BCUT2D eigenvalue weighted by molar-refractivity contribution is 7.21. The van der Waals surface area contributed by atoms with Crippen LogP contribution in [0.25, 0.3) is 20.8 Å². The van der Waals surface area contributed by atoms with Gasteiger partial charge in [0.25, 0.3) is 5.91 Å². The van der Waals surface area contributed by atoms with Gasteiger partial charge in [-0.15, -0.1) is 21.5 Å². The van der Waals surface area contributed by atoms with Gasteiger partial charge in [-0.3, -0.25) is 10.1 Å². The zero-order valence-corrected chi connectivity index (χ0v) is 16.0. The van der Waals surface area contributed by atoms with Crippen molar-refractivity contribution in [2.45, 2.75) is 20.8 Å². The van der Waals surface area contributed by atoms with Gasteiger partial charge in [0.15, 0.2) is 0 Å². The van der Waals surface area contributed by atoms with Crippen molar-refractivity contribution in [2.24, 2.45) is 0 Å². The van der Waals surface area contributed by atoms with Crippen LogP contribution in [0, 0.1) is 20.8 Å². The number of rotatable bonds is 3. The first-order chi connectivity index (χ1) is 12.5. The third kappa shape index (κ3) is 2.97. The van der Waals surface area contributed by atoms with Crippen LogP contribution in [0.5, 0.6) is 0 Å². The first-order valence-electron chi connectivity index (χ1n) is 7.97. The average Bonchev–Trinajstić information content (AvgIpc) is 3.20. The largest absolute Gasteiger partial charge is 0.296 e. The van der Waals surface area contributed by atoms with E-state index in [4.69, 9.17) is 0 Å². The Morgan fingerprint density at radius 2 is 1.77 bits per heavy atom. The molecule has 3 aromatic heterocycles. The van der Waals surface area contributed by atoms with Gasteiger partial charge in [-0.05, 0) is 26.3 Å². The summed E-state index contributed by atoms with van der Waals surface area (Å²) in [6, 6.07) is 9.77. The van der Waals surface area contributed by atoms with Crippen LogP contribution >= 0.6 is 22.7 Å². The third-order valence-electron chi connectivity index (χ3n) is 3.96. The molecule has 0 saturated carbocycles. The highest BCUT2D eigenvalue weighted by Gasteiger charge is 2.20. The molecule has 6 nitrogen and oxygen atoms in total. The van der Waals surface area contributed by atoms with Gasteiger partial charge < -0.3 is 0 Å². The molecule has 0 bridgehead atoms. The van der Waals surface area contributed by atoms with Crippen molar-refractivity contribution < 1.29 is 4.79 Å². The van der Waals surface area contributed by atoms with Crippen LogP contribution in [0.3, 0.4) is 0 Å². The number of aromatic nitrogens is 4. The Labute approximate surface area is 158 Å². The predicted octanol–water partition coefficient (Wildman–Crippen LogP) is 4.39. The maximum Gasteiger partial charge on any atom is 0.267 e. The minimum Gasteiger partial charge on any atom is -0.296 e. The summed E-state index contributed by atoms with van der Waals surface area (Å²) in [5.41, 5.74) is 2.76. The summed E-state index contributed by atoms with van der Waals surface area (Å²) >= 11 is 2.73. The van der Waals surface area contributed by atoms with Crippen molar-refractivity contribution in [1.82, 2.24) is 20.2 Å². The molecule has 0 aliphatic carbocycles. The summed E-state index contributed by atoms with van der Waals surface area (Å²) in [6.45, 7) is 5.72. The predicted molar refractivity (Wildman–Crippen MR) is 105 cm³/mol. The van der Waals surface area contributed by atoms with E-state index in [1.807, 2.05) is 51.1 Å². The van der Waals surface area contributed by atoms with Gasteiger partial charge in [0.2, 0.25) is 5.13 Å². The normalized spacial score (nSPS) is 11.0. The SMILES string of the molecule is Cc1nc(C)c2c(C)c(C(=O)Nc3nnc(-c4ccccc4)s3)sc2n1. The Kier molecular flexibility index (Phi) is 4.21. The summed E-state index contributed by atoms with van der Waals surface area (Å²) in [4.78, 5) is 23.0. The van der Waals surface area contributed by atoms with Gasteiger partial charge >= 0.3 is 0 Å². The lowest BCUT2D eigenvalue weighted by Crippen LogP contribution is -2.11. The van der Waals surface area contributed by atoms with Crippen LogP contribution in [0.4, 0.5) is 5.13 Å². The van der Waals surface area contributed by atoms with Crippen molar-refractivity contribution in [2.75, 3.05) is 5.32 Å². The maximum atomic E-state index is 12.7. The summed E-state index contributed by atoms with van der Waals surface area (Å²) in [7, 11) is 0. The minimum absolute atomic E-state index is 0.196. The number of fused-ring (bicyclic) bond motifs is 1. The molecule has 4 aromatic rings. The molecule has 0 fully saturated rings. The number of carbonyl (C=O) groups excluding carboxylic acids is 1. The molecule has 26 heavy (non-hydrogen) atoms. The van der Waals surface area contributed by atoms with Crippen molar-refractivity contribution in [1.29, 1.82) is 0 Å². The van der Waals surface area contributed by atoms with Crippen molar-refractivity contribution >= 4 is 43.9 Å². The lowest BCUT2D eigenvalue weighted by atomic mass is 10.1. The summed E-state index contributed by atoms with van der Waals surface area (Å²) in [5.74, 6) is 0.512. The number of hydrogen-bond acceptors (Lipinski definition) is 7. The van der Waals surface area contributed by atoms with Crippen LogP contribution < -0.4 is 5.32 Å². The van der Waals surface area contributed by atoms with E-state index in [0.29, 0.717) is 15.8 Å². The molecule has 0 aliphatic rings. The van der Waals surface area contributed by atoms with E-state index in [1.54, 1.807) is 0 Å². The Morgan fingerprint density at radius 1 is 1.00 bits per heavy atom. The fourth-order valence-electron chi connectivity index (χ4n) is 2.82. The molecule has 8 heteroatoms. The van der Waals surface area contributed by atoms with Crippen LogP contribution in [-0.4, -0.2) is 26.1 Å². The number of nitrogens with zero attached hydrogens (tertiary/aromatic N) is 4. The summed E-state index contributed by atoms with van der Waals surface area (Å²) in [5, 5.41) is 13.3. The molecule has 1 aromatic carbocycles. The van der Waals surface area contributed by atoms with Gasteiger partial charge in [0.1, 0.15) is 15.7 Å². The molecule has 0 saturated heterocycles. The van der Waals surface area contributed by atoms with E-state index in [2.05, 4.69) is 25.5 Å². The van der Waals surface area contributed by atoms with Gasteiger partial charge in [0.05, 0.1) is 4.88 Å². The van der Waals surface area contributed by atoms with E-state index in [9.17, 15) is 4.79 Å². The van der Waals surface area contributed by atoms with E-state index >= 15 is 0 Å². The summed E-state index contributed by atoms with van der Waals surface area (Å²) < 4.78 is 0. The van der Waals surface area contributed by atoms with Gasteiger partial charge in [-0.1, -0.05) is 41.7 Å². The Balaban J connectivity index is 1.63. The number of hydrogen-bond donors (Lipinski definition) is 1.